The first kappa shape index (κ1) is 10.0. The molecule has 0 aliphatic carbocycles. The molecule has 0 unspecified atom stereocenters. The summed E-state index contributed by atoms with van der Waals surface area (Å²) in [7, 11) is 0. The van der Waals surface area contributed by atoms with Crippen LogP contribution in [0.25, 0.3) is 0 Å². The summed E-state index contributed by atoms with van der Waals surface area (Å²) in [4.78, 5) is 0. The molecule has 0 spiro atoms. The van der Waals surface area contributed by atoms with Crippen LogP contribution in [0.3, 0.4) is 0 Å². The van der Waals surface area contributed by atoms with Gasteiger partial charge in [0, 0.05) is 4.75 Å². The third-order valence-corrected chi connectivity index (χ3v) is 0. The normalized spacial score (nSPS) is 10.0. The van der Waals surface area contributed by atoms with Crippen molar-refractivity contribution in [3.8, 4) is 0 Å². The first-order chi connectivity index (χ1) is 2.00. The van der Waals surface area contributed by atoms with E-state index in [0.717, 1.165) is 0 Å². The number of thiol groups is 1. The monoisotopic (exact) mass is 98.1 g/mol. The van der Waals surface area contributed by atoms with E-state index in [1.54, 1.807) is 0 Å². The van der Waals surface area contributed by atoms with Crippen molar-refractivity contribution in [3.05, 3.63) is 0 Å². The second-order valence-electron chi connectivity index (χ2n) is 2.17. The van der Waals surface area contributed by atoms with Gasteiger partial charge in [-0.05, 0) is 0 Å². The average molecular weight is 98.1 g/mol. The van der Waals surface area contributed by atoms with Crippen LogP contribution in [0.15, 0.2) is 0 Å². The molecule has 0 heterocycles. The van der Waals surface area contributed by atoms with E-state index < -0.39 is 0 Å². The zero-order valence-electron chi connectivity index (χ0n) is 5.95. The number of hydrogen-bond acceptors (Lipinski definition) is 1. The molecule has 0 rings (SSSR count). The predicted molar refractivity (Wildman–Crippen MR) is 29.9 cm³/mol. The Labute approximate surface area is 58.8 Å². The van der Waals surface area contributed by atoms with E-state index in [-0.39, 0.29) is 25.0 Å². The molecule has 0 radical (unpaired) electrons. The molecule has 0 nitrogen and oxygen atoms in total. The molecule has 0 aromatic heterocycles. The van der Waals surface area contributed by atoms with Crippen LogP contribution in [0.1, 0.15) is 22.2 Å². The predicted octanol–water partition coefficient (Wildman–Crippen LogP) is -1.17. The van der Waals surface area contributed by atoms with Gasteiger partial charge in [0.1, 0.15) is 0 Å². The van der Waals surface area contributed by atoms with E-state index in [9.17, 15) is 0 Å². The maximum Gasteiger partial charge on any atom is 1.00 e. The van der Waals surface area contributed by atoms with Crippen LogP contribution >= 0.6 is 12.6 Å². The number of hydrogen-bond donors (Lipinski definition) is 1. The fraction of sp³-hybridized carbons (Fsp3) is 1.00. The van der Waals surface area contributed by atoms with Gasteiger partial charge in [0.05, 0.1) is 0 Å². The summed E-state index contributed by atoms with van der Waals surface area (Å²) in [6.45, 7) is 6.16. The minimum absolute atomic E-state index is 0. The van der Waals surface area contributed by atoms with Crippen LogP contribution in [-0.4, -0.2) is 4.75 Å². The standard InChI is InChI=1S/C4H10S.Li.H/c1-4(2,3)5;;/h5H,1-3H3;;/q;+1;-1. The van der Waals surface area contributed by atoms with E-state index in [4.69, 9.17) is 0 Å². The van der Waals surface area contributed by atoms with Gasteiger partial charge < -0.3 is 1.43 Å². The zero-order valence-corrected chi connectivity index (χ0v) is 5.84. The third kappa shape index (κ3) is 85.9. The zero-order chi connectivity index (χ0) is 4.50. The fourth-order valence-electron chi connectivity index (χ4n) is 0. The Hall–Kier alpha value is 0.947. The van der Waals surface area contributed by atoms with Crippen LogP contribution in [0.5, 0.6) is 0 Å². The van der Waals surface area contributed by atoms with Gasteiger partial charge in [-0.1, -0.05) is 20.8 Å². The SMILES string of the molecule is CC(C)(C)S.[H-].[Li+]. The Morgan fingerprint density at radius 3 is 1.33 bits per heavy atom. The van der Waals surface area contributed by atoms with Crippen LogP contribution in [0.4, 0.5) is 0 Å². The molecule has 0 saturated heterocycles. The Kier molecular flexibility index (Phi) is 5.05. The molecule has 0 N–H and O–H groups in total. The molecule has 2 heteroatoms. The van der Waals surface area contributed by atoms with E-state index in [1.807, 2.05) is 0 Å². The van der Waals surface area contributed by atoms with Crippen molar-refractivity contribution in [2.75, 3.05) is 0 Å². The van der Waals surface area contributed by atoms with Gasteiger partial charge in [0.25, 0.3) is 0 Å². The van der Waals surface area contributed by atoms with Crippen LogP contribution in [0.2, 0.25) is 0 Å². The number of rotatable bonds is 0. The molecule has 0 saturated carbocycles. The summed E-state index contributed by atoms with van der Waals surface area (Å²) in [5.41, 5.74) is 0. The van der Waals surface area contributed by atoms with Gasteiger partial charge in [0.15, 0.2) is 0 Å². The Morgan fingerprint density at radius 1 is 1.33 bits per heavy atom. The summed E-state index contributed by atoms with van der Waals surface area (Å²) in [5.74, 6) is 0. The maximum atomic E-state index is 4.12. The molecule has 6 heavy (non-hydrogen) atoms. The van der Waals surface area contributed by atoms with Crippen LogP contribution in [0, 0.1) is 0 Å². The van der Waals surface area contributed by atoms with E-state index >= 15 is 0 Å². The Morgan fingerprint density at radius 2 is 1.33 bits per heavy atom. The Balaban J connectivity index is -0.0000000800. The first-order valence-electron chi connectivity index (χ1n) is 1.72. The minimum atomic E-state index is 0. The van der Waals surface area contributed by atoms with Gasteiger partial charge in [-0.25, -0.2) is 0 Å². The molecule has 34 valence electrons. The van der Waals surface area contributed by atoms with Gasteiger partial charge in [-0.2, -0.15) is 12.6 Å². The molecule has 0 amide bonds. The molecule has 0 aromatic carbocycles. The Bertz CT molecular complexity index is 27.2. The third-order valence-electron chi connectivity index (χ3n) is 0. The molecular formula is C4H11LiS. The van der Waals surface area contributed by atoms with Gasteiger partial charge in [-0.15, -0.1) is 0 Å². The first-order valence-corrected chi connectivity index (χ1v) is 2.17. The summed E-state index contributed by atoms with van der Waals surface area (Å²) in [5, 5.41) is 0. The molecule has 0 aliphatic heterocycles. The molecule has 0 bridgehead atoms. The molecule has 0 aliphatic rings. The molecular weight excluding hydrogens is 87.1 g/mol. The van der Waals surface area contributed by atoms with Crippen molar-refractivity contribution in [3.63, 3.8) is 0 Å². The largest absolute Gasteiger partial charge is 1.00 e. The minimum Gasteiger partial charge on any atom is -1.00 e. The van der Waals surface area contributed by atoms with Crippen molar-refractivity contribution < 1.29 is 20.3 Å². The van der Waals surface area contributed by atoms with Crippen LogP contribution in [-0.2, 0) is 0 Å². The van der Waals surface area contributed by atoms with Crippen molar-refractivity contribution in [2.24, 2.45) is 0 Å². The second-order valence-corrected chi connectivity index (χ2v) is 3.51. The van der Waals surface area contributed by atoms with Crippen LogP contribution < -0.4 is 18.9 Å². The second kappa shape index (κ2) is 3.02. The molecule has 0 fully saturated rings. The average Bonchev–Trinajstić information content (AvgIpc) is 0.722. The van der Waals surface area contributed by atoms with E-state index in [2.05, 4.69) is 33.4 Å². The summed E-state index contributed by atoms with van der Waals surface area (Å²) >= 11 is 4.12. The quantitative estimate of drug-likeness (QED) is 0.286. The molecule has 0 aromatic rings. The van der Waals surface area contributed by atoms with Crippen molar-refractivity contribution in [2.45, 2.75) is 25.5 Å². The van der Waals surface area contributed by atoms with Crippen molar-refractivity contribution in [1.29, 1.82) is 0 Å². The fourth-order valence-corrected chi connectivity index (χ4v) is 0. The van der Waals surface area contributed by atoms with Gasteiger partial charge >= 0.3 is 18.9 Å². The maximum absolute atomic E-state index is 4.12. The summed E-state index contributed by atoms with van der Waals surface area (Å²) in [6.07, 6.45) is 0. The molecule has 0 atom stereocenters. The van der Waals surface area contributed by atoms with E-state index in [1.165, 1.54) is 0 Å². The van der Waals surface area contributed by atoms with Gasteiger partial charge in [-0.3, -0.25) is 0 Å². The summed E-state index contributed by atoms with van der Waals surface area (Å²) < 4.78 is 0.194. The van der Waals surface area contributed by atoms with Crippen molar-refractivity contribution in [1.82, 2.24) is 0 Å². The topological polar surface area (TPSA) is 0 Å². The van der Waals surface area contributed by atoms with Gasteiger partial charge in [0.2, 0.25) is 0 Å². The van der Waals surface area contributed by atoms with Crippen molar-refractivity contribution >= 4 is 12.6 Å². The smallest absolute Gasteiger partial charge is 1.00 e. The summed E-state index contributed by atoms with van der Waals surface area (Å²) in [6, 6.07) is 0. The van der Waals surface area contributed by atoms with E-state index in [0.29, 0.717) is 0 Å².